The number of hydrogen-bond donors (Lipinski definition) is 3. The number of aryl methyl sites for hydroxylation is 2. The summed E-state index contributed by atoms with van der Waals surface area (Å²) in [5.41, 5.74) is 5.56. The van der Waals surface area contributed by atoms with E-state index < -0.39 is 5.60 Å². The molecule has 3 N–H and O–H groups in total. The molecule has 0 saturated carbocycles. The molecule has 41 heavy (non-hydrogen) atoms. The van der Waals surface area contributed by atoms with Crippen LogP contribution < -0.4 is 15.8 Å². The zero-order valence-corrected chi connectivity index (χ0v) is 23.9. The standard InChI is InChI=1S/C31H36N6O4/c1-31(2,41)27-15-28(33-35(27)4)32-23-14-19(16-34(3)30(23)40)20-9-7-11-24(22(20)18-38)36-12-13-37-25-10-6-5-8-21(25)29(39)26(37)17-36/h7,9,11,14-17,38,41H,5-6,8,10,12-13,18H2,1-4H3,(H,32,33). The van der Waals surface area contributed by atoms with Crippen LogP contribution >= 0.6 is 0 Å². The van der Waals surface area contributed by atoms with Gasteiger partial charge in [-0.15, -0.1) is 0 Å². The monoisotopic (exact) mass is 556 g/mol. The third-order valence-corrected chi connectivity index (χ3v) is 8.29. The number of anilines is 3. The van der Waals surface area contributed by atoms with Gasteiger partial charge in [0.1, 0.15) is 17.0 Å². The Morgan fingerprint density at radius 1 is 1.07 bits per heavy atom. The zero-order chi connectivity index (χ0) is 29.1. The predicted molar refractivity (Wildman–Crippen MR) is 157 cm³/mol. The summed E-state index contributed by atoms with van der Waals surface area (Å²) in [6.07, 6.45) is 7.66. The summed E-state index contributed by atoms with van der Waals surface area (Å²) in [6, 6.07) is 9.29. The lowest BCUT2D eigenvalue weighted by molar-refractivity contribution is -0.112. The predicted octanol–water partition coefficient (Wildman–Crippen LogP) is 3.62. The summed E-state index contributed by atoms with van der Waals surface area (Å²) in [5, 5.41) is 28.6. The highest BCUT2D eigenvalue weighted by molar-refractivity contribution is 6.11. The van der Waals surface area contributed by atoms with E-state index in [1.54, 1.807) is 51.0 Å². The SMILES string of the molecule is Cn1nc(Nc2cc(-c3cccc(N4C=C5C(=O)C6=C(CCCC6)N5CC4)c3CO)cn(C)c2=O)cc1C(C)(C)O. The maximum atomic E-state index is 13.2. The van der Waals surface area contributed by atoms with Crippen molar-refractivity contribution in [2.75, 3.05) is 23.3 Å². The Kier molecular flexibility index (Phi) is 6.62. The Morgan fingerprint density at radius 3 is 2.59 bits per heavy atom. The van der Waals surface area contributed by atoms with E-state index in [0.717, 1.165) is 54.6 Å². The fraction of sp³-hybridized carbons (Fsp3) is 0.387. The minimum atomic E-state index is -1.09. The molecule has 0 saturated heterocycles. The van der Waals surface area contributed by atoms with Gasteiger partial charge in [-0.05, 0) is 57.2 Å². The molecule has 3 aromatic rings. The zero-order valence-electron chi connectivity index (χ0n) is 23.9. The Bertz CT molecular complexity index is 1670. The van der Waals surface area contributed by atoms with Crippen molar-refractivity contribution in [2.45, 2.75) is 51.7 Å². The quantitative estimate of drug-likeness (QED) is 0.422. The van der Waals surface area contributed by atoms with E-state index in [9.17, 15) is 19.8 Å². The summed E-state index contributed by atoms with van der Waals surface area (Å²) in [7, 11) is 3.43. The van der Waals surface area contributed by atoms with Crippen LogP contribution in [0.4, 0.5) is 17.2 Å². The number of nitrogens with one attached hydrogen (secondary N) is 1. The topological polar surface area (TPSA) is 116 Å². The van der Waals surface area contributed by atoms with Gasteiger partial charge in [-0.3, -0.25) is 14.3 Å². The third kappa shape index (κ3) is 4.66. The van der Waals surface area contributed by atoms with E-state index in [4.69, 9.17) is 0 Å². The molecular weight excluding hydrogens is 520 g/mol. The Balaban J connectivity index is 1.36. The van der Waals surface area contributed by atoms with Gasteiger partial charge >= 0.3 is 0 Å². The number of aliphatic hydroxyl groups excluding tert-OH is 1. The number of ketones is 1. The summed E-state index contributed by atoms with van der Waals surface area (Å²) in [5.74, 6) is 0.569. The van der Waals surface area contributed by atoms with Crippen molar-refractivity contribution in [3.8, 4) is 11.1 Å². The van der Waals surface area contributed by atoms with Gasteiger partial charge in [0.2, 0.25) is 5.78 Å². The third-order valence-electron chi connectivity index (χ3n) is 8.29. The lowest BCUT2D eigenvalue weighted by Crippen LogP contribution is -2.37. The number of aliphatic hydroxyl groups is 2. The molecule has 4 heterocycles. The first kappa shape index (κ1) is 27.0. The number of nitrogens with zero attached hydrogens (tertiary/aromatic N) is 5. The van der Waals surface area contributed by atoms with Crippen LogP contribution in [-0.4, -0.2) is 48.3 Å². The van der Waals surface area contributed by atoms with Crippen LogP contribution in [0.15, 0.2) is 64.5 Å². The maximum Gasteiger partial charge on any atom is 0.274 e. The second-order valence-corrected chi connectivity index (χ2v) is 11.6. The normalized spacial score (nSPS) is 17.1. The molecule has 10 nitrogen and oxygen atoms in total. The lowest BCUT2D eigenvalue weighted by atomic mass is 9.96. The molecule has 6 rings (SSSR count). The summed E-state index contributed by atoms with van der Waals surface area (Å²) >= 11 is 0. The first-order valence-corrected chi connectivity index (χ1v) is 14.1. The van der Waals surface area contributed by atoms with Crippen molar-refractivity contribution in [1.82, 2.24) is 19.2 Å². The molecule has 0 bridgehead atoms. The van der Waals surface area contributed by atoms with Gasteiger partial charge in [-0.2, -0.15) is 5.10 Å². The minimum Gasteiger partial charge on any atom is -0.392 e. The van der Waals surface area contributed by atoms with Gasteiger partial charge in [0.25, 0.3) is 5.56 Å². The highest BCUT2D eigenvalue weighted by Gasteiger charge is 2.38. The Morgan fingerprint density at radius 2 is 1.85 bits per heavy atom. The number of allylic oxidation sites excluding steroid dienone is 2. The number of hydrogen-bond acceptors (Lipinski definition) is 8. The number of carbonyl (C=O) groups is 1. The maximum absolute atomic E-state index is 13.2. The molecule has 1 aliphatic carbocycles. The van der Waals surface area contributed by atoms with Crippen molar-refractivity contribution in [2.24, 2.45) is 14.1 Å². The van der Waals surface area contributed by atoms with Crippen LogP contribution in [0.25, 0.3) is 11.1 Å². The number of pyridine rings is 1. The van der Waals surface area contributed by atoms with Crippen LogP contribution in [0, 0.1) is 0 Å². The number of Topliss-reactive ketones (excluding diaryl/α,β-unsaturated/α-hetero) is 1. The highest BCUT2D eigenvalue weighted by Crippen LogP contribution is 2.41. The first-order chi connectivity index (χ1) is 19.6. The fourth-order valence-corrected chi connectivity index (χ4v) is 6.32. The fourth-order valence-electron chi connectivity index (χ4n) is 6.32. The number of fused-ring (bicyclic) bond motifs is 2. The van der Waals surface area contributed by atoms with Crippen LogP contribution in [-0.2, 0) is 31.1 Å². The molecule has 0 spiro atoms. The van der Waals surface area contributed by atoms with Gasteiger partial charge in [-0.1, -0.05) is 12.1 Å². The van der Waals surface area contributed by atoms with E-state index in [1.165, 1.54) is 10.3 Å². The van der Waals surface area contributed by atoms with Crippen molar-refractivity contribution in [3.63, 3.8) is 0 Å². The van der Waals surface area contributed by atoms with E-state index >= 15 is 0 Å². The molecule has 0 amide bonds. The smallest absolute Gasteiger partial charge is 0.274 e. The molecule has 0 radical (unpaired) electrons. The summed E-state index contributed by atoms with van der Waals surface area (Å²) in [4.78, 5) is 30.5. The molecule has 2 aromatic heterocycles. The molecule has 2 aliphatic heterocycles. The minimum absolute atomic E-state index is 0.127. The molecule has 0 atom stereocenters. The van der Waals surface area contributed by atoms with Crippen LogP contribution in [0.1, 0.15) is 50.8 Å². The van der Waals surface area contributed by atoms with E-state index in [0.29, 0.717) is 35.0 Å². The van der Waals surface area contributed by atoms with Gasteiger partial charge in [0.15, 0.2) is 5.82 Å². The molecule has 214 valence electrons. The van der Waals surface area contributed by atoms with Crippen LogP contribution in [0.5, 0.6) is 0 Å². The van der Waals surface area contributed by atoms with E-state index in [1.807, 2.05) is 24.4 Å². The second-order valence-electron chi connectivity index (χ2n) is 11.6. The number of carbonyl (C=O) groups excluding carboxylic acids is 1. The second kappa shape index (κ2) is 10.0. The van der Waals surface area contributed by atoms with E-state index in [2.05, 4.69) is 20.2 Å². The van der Waals surface area contributed by atoms with Crippen molar-refractivity contribution >= 4 is 23.0 Å². The first-order valence-electron chi connectivity index (χ1n) is 14.1. The molecule has 3 aliphatic rings. The highest BCUT2D eigenvalue weighted by atomic mass is 16.3. The lowest BCUT2D eigenvalue weighted by Gasteiger charge is -2.35. The van der Waals surface area contributed by atoms with Gasteiger partial charge in [0.05, 0.1) is 12.3 Å². The average molecular weight is 557 g/mol. The number of benzene rings is 1. The van der Waals surface area contributed by atoms with Crippen molar-refractivity contribution in [1.29, 1.82) is 0 Å². The van der Waals surface area contributed by atoms with E-state index in [-0.39, 0.29) is 17.9 Å². The van der Waals surface area contributed by atoms with Crippen LogP contribution in [0.2, 0.25) is 0 Å². The molecule has 0 fully saturated rings. The Hall–Kier alpha value is -4.15. The van der Waals surface area contributed by atoms with Crippen molar-refractivity contribution < 1.29 is 15.0 Å². The summed E-state index contributed by atoms with van der Waals surface area (Å²) in [6.45, 7) is 4.56. The number of rotatable bonds is 6. The Labute approximate surface area is 238 Å². The molecule has 1 aromatic carbocycles. The molecular formula is C31H36N6O4. The van der Waals surface area contributed by atoms with Crippen molar-refractivity contribution in [3.05, 3.63) is 81.3 Å². The number of aromatic nitrogens is 3. The molecule has 0 unspecified atom stereocenters. The van der Waals surface area contributed by atoms with Gasteiger partial charge in [0, 0.05) is 73.7 Å². The van der Waals surface area contributed by atoms with Gasteiger partial charge in [-0.25, -0.2) is 0 Å². The van der Waals surface area contributed by atoms with Crippen LogP contribution in [0.3, 0.4) is 0 Å². The summed E-state index contributed by atoms with van der Waals surface area (Å²) < 4.78 is 3.08. The van der Waals surface area contributed by atoms with Gasteiger partial charge < -0.3 is 29.9 Å². The molecule has 10 heteroatoms. The average Bonchev–Trinajstić information content (AvgIpc) is 3.47. The largest absolute Gasteiger partial charge is 0.392 e.